The first-order valence-corrected chi connectivity index (χ1v) is 9.06. The molecule has 7 nitrogen and oxygen atoms in total. The number of benzene rings is 1. The normalized spacial score (nSPS) is 15.3. The number of nitriles is 1. The number of aromatic nitrogens is 2. The van der Waals surface area contributed by atoms with Crippen LogP contribution in [-0.4, -0.2) is 33.6 Å². The topological polar surface area (TPSA) is 103 Å². The van der Waals surface area contributed by atoms with E-state index in [0.717, 1.165) is 25.7 Å². The fourth-order valence-electron chi connectivity index (χ4n) is 3.41. The van der Waals surface area contributed by atoms with E-state index in [1.165, 1.54) is 23.0 Å². The molecular weight excluding hydrogens is 349 g/mol. The number of hydrogen-bond donors (Lipinski definition) is 3. The van der Waals surface area contributed by atoms with Crippen molar-refractivity contribution in [2.24, 2.45) is 5.92 Å². The standard InChI is InChI=1S/C19H22FN5O2/c20-15-6-3-7-16(14(15)12-21)25-11-9-18(24-25)23-19(27)22-10-8-17(26)13-4-1-2-5-13/h3,6-7,9,11,13,17,26H,1-2,4-5,8,10H2,(H2,22,23,24,27). The van der Waals surface area contributed by atoms with Gasteiger partial charge in [-0.3, -0.25) is 5.32 Å². The Labute approximate surface area is 156 Å². The zero-order valence-corrected chi connectivity index (χ0v) is 14.9. The Morgan fingerprint density at radius 2 is 2.19 bits per heavy atom. The SMILES string of the molecule is N#Cc1c(F)cccc1-n1ccc(NC(=O)NCCC(O)C2CCCC2)n1. The quantitative estimate of drug-likeness (QED) is 0.726. The number of aliphatic hydroxyl groups excluding tert-OH is 1. The van der Waals surface area contributed by atoms with E-state index in [-0.39, 0.29) is 17.5 Å². The second-order valence-electron chi connectivity index (χ2n) is 6.67. The average Bonchev–Trinajstić information content (AvgIpc) is 3.33. The van der Waals surface area contributed by atoms with Crippen molar-refractivity contribution < 1.29 is 14.3 Å². The molecule has 1 aromatic carbocycles. The Balaban J connectivity index is 1.52. The van der Waals surface area contributed by atoms with E-state index < -0.39 is 11.8 Å². The van der Waals surface area contributed by atoms with Crippen LogP contribution in [0.4, 0.5) is 15.0 Å². The van der Waals surface area contributed by atoms with Crippen LogP contribution in [0.3, 0.4) is 0 Å². The molecule has 2 aromatic rings. The lowest BCUT2D eigenvalue weighted by atomic mass is 9.98. The Morgan fingerprint density at radius 1 is 1.41 bits per heavy atom. The average molecular weight is 371 g/mol. The highest BCUT2D eigenvalue weighted by Crippen LogP contribution is 2.28. The third kappa shape index (κ3) is 4.63. The molecule has 1 aromatic heterocycles. The highest BCUT2D eigenvalue weighted by Gasteiger charge is 2.22. The molecule has 2 amide bonds. The maximum atomic E-state index is 13.7. The van der Waals surface area contributed by atoms with E-state index in [4.69, 9.17) is 5.26 Å². The maximum Gasteiger partial charge on any atom is 0.320 e. The fourth-order valence-corrected chi connectivity index (χ4v) is 3.41. The number of carbonyl (C=O) groups is 1. The van der Waals surface area contributed by atoms with Crippen LogP contribution >= 0.6 is 0 Å². The first kappa shape index (κ1) is 18.9. The highest BCUT2D eigenvalue weighted by atomic mass is 19.1. The van der Waals surface area contributed by atoms with Crippen LogP contribution < -0.4 is 10.6 Å². The van der Waals surface area contributed by atoms with Gasteiger partial charge in [-0.05, 0) is 37.3 Å². The van der Waals surface area contributed by atoms with Crippen molar-refractivity contribution in [3.63, 3.8) is 0 Å². The Morgan fingerprint density at radius 3 is 2.93 bits per heavy atom. The molecule has 0 saturated heterocycles. The van der Waals surface area contributed by atoms with Gasteiger partial charge in [0.05, 0.1) is 11.8 Å². The number of amides is 2. The van der Waals surface area contributed by atoms with Gasteiger partial charge in [0.25, 0.3) is 0 Å². The summed E-state index contributed by atoms with van der Waals surface area (Å²) in [6, 6.07) is 7.20. The summed E-state index contributed by atoms with van der Waals surface area (Å²) in [6.45, 7) is 0.368. The summed E-state index contributed by atoms with van der Waals surface area (Å²) in [5.41, 5.74) is 0.183. The Kier molecular flexibility index (Phi) is 6.04. The predicted molar refractivity (Wildman–Crippen MR) is 97.8 cm³/mol. The third-order valence-electron chi connectivity index (χ3n) is 4.85. The summed E-state index contributed by atoms with van der Waals surface area (Å²) in [5.74, 6) is -0.0123. The summed E-state index contributed by atoms with van der Waals surface area (Å²) in [6.07, 6.45) is 6.10. The molecule has 1 aliphatic carbocycles. The number of anilines is 1. The predicted octanol–water partition coefficient (Wildman–Crippen LogP) is 2.95. The minimum atomic E-state index is -0.626. The molecule has 8 heteroatoms. The van der Waals surface area contributed by atoms with Gasteiger partial charge in [0.2, 0.25) is 0 Å². The molecule has 0 aliphatic heterocycles. The van der Waals surface area contributed by atoms with Crippen LogP contribution in [-0.2, 0) is 0 Å². The zero-order chi connectivity index (χ0) is 19.2. The fraction of sp³-hybridized carbons (Fsp3) is 0.421. The number of nitrogens with one attached hydrogen (secondary N) is 2. The van der Waals surface area contributed by atoms with Crippen LogP contribution in [0.15, 0.2) is 30.5 Å². The number of urea groups is 1. The molecule has 27 heavy (non-hydrogen) atoms. The number of halogens is 1. The van der Waals surface area contributed by atoms with Crippen molar-refractivity contribution in [1.29, 1.82) is 5.26 Å². The monoisotopic (exact) mass is 371 g/mol. The summed E-state index contributed by atoms with van der Waals surface area (Å²) in [5, 5.41) is 28.6. The van der Waals surface area contributed by atoms with Crippen molar-refractivity contribution in [1.82, 2.24) is 15.1 Å². The van der Waals surface area contributed by atoms with E-state index in [2.05, 4.69) is 15.7 Å². The molecule has 0 radical (unpaired) electrons. The van der Waals surface area contributed by atoms with E-state index in [1.54, 1.807) is 12.1 Å². The zero-order valence-electron chi connectivity index (χ0n) is 14.9. The molecule has 1 atom stereocenters. The molecule has 1 fully saturated rings. The lowest BCUT2D eigenvalue weighted by Gasteiger charge is -2.17. The van der Waals surface area contributed by atoms with Gasteiger partial charge in [-0.25, -0.2) is 13.9 Å². The molecule has 0 spiro atoms. The number of hydrogen-bond acceptors (Lipinski definition) is 4. The summed E-state index contributed by atoms with van der Waals surface area (Å²) in [7, 11) is 0. The van der Waals surface area contributed by atoms with Crippen LogP contribution in [0.25, 0.3) is 5.69 Å². The van der Waals surface area contributed by atoms with Crippen LogP contribution in [0.2, 0.25) is 0 Å². The maximum absolute atomic E-state index is 13.7. The molecule has 1 unspecified atom stereocenters. The highest BCUT2D eigenvalue weighted by molar-refractivity contribution is 5.88. The van der Waals surface area contributed by atoms with E-state index in [1.807, 2.05) is 6.07 Å². The van der Waals surface area contributed by atoms with Gasteiger partial charge in [-0.15, -0.1) is 5.10 Å². The second kappa shape index (κ2) is 8.64. The Bertz CT molecular complexity index is 839. The third-order valence-corrected chi connectivity index (χ3v) is 4.85. The first-order valence-electron chi connectivity index (χ1n) is 9.06. The van der Waals surface area contributed by atoms with Crippen molar-refractivity contribution in [3.8, 4) is 11.8 Å². The van der Waals surface area contributed by atoms with Crippen LogP contribution in [0.1, 0.15) is 37.7 Å². The molecule has 1 heterocycles. The second-order valence-corrected chi connectivity index (χ2v) is 6.67. The number of rotatable bonds is 6. The molecule has 142 valence electrons. The first-order chi connectivity index (χ1) is 13.1. The van der Waals surface area contributed by atoms with E-state index >= 15 is 0 Å². The minimum Gasteiger partial charge on any atom is -0.393 e. The van der Waals surface area contributed by atoms with Gasteiger partial charge in [0.1, 0.15) is 17.4 Å². The largest absolute Gasteiger partial charge is 0.393 e. The van der Waals surface area contributed by atoms with Crippen molar-refractivity contribution in [2.45, 2.75) is 38.2 Å². The molecule has 0 bridgehead atoms. The lowest BCUT2D eigenvalue weighted by Crippen LogP contribution is -2.32. The molecule has 1 saturated carbocycles. The van der Waals surface area contributed by atoms with Gasteiger partial charge < -0.3 is 10.4 Å². The smallest absolute Gasteiger partial charge is 0.320 e. The van der Waals surface area contributed by atoms with E-state index in [9.17, 15) is 14.3 Å². The summed E-state index contributed by atoms with van der Waals surface area (Å²) < 4.78 is 15.0. The number of aliphatic hydroxyl groups is 1. The van der Waals surface area contributed by atoms with Gasteiger partial charge in [0.15, 0.2) is 5.82 Å². The lowest BCUT2D eigenvalue weighted by molar-refractivity contribution is 0.103. The molecule has 3 rings (SSSR count). The Hall–Kier alpha value is -2.92. The van der Waals surface area contributed by atoms with Gasteiger partial charge in [0, 0.05) is 18.8 Å². The van der Waals surface area contributed by atoms with Crippen molar-refractivity contribution >= 4 is 11.8 Å². The van der Waals surface area contributed by atoms with Gasteiger partial charge in [-0.1, -0.05) is 18.9 Å². The molecule has 3 N–H and O–H groups in total. The van der Waals surface area contributed by atoms with Crippen molar-refractivity contribution in [2.75, 3.05) is 11.9 Å². The van der Waals surface area contributed by atoms with Crippen LogP contribution in [0.5, 0.6) is 0 Å². The summed E-state index contributed by atoms with van der Waals surface area (Å²) in [4.78, 5) is 12.0. The number of nitrogens with zero attached hydrogens (tertiary/aromatic N) is 3. The number of carbonyl (C=O) groups excluding carboxylic acids is 1. The van der Waals surface area contributed by atoms with E-state index in [0.29, 0.717) is 24.6 Å². The minimum absolute atomic E-state index is 0.113. The van der Waals surface area contributed by atoms with Gasteiger partial charge >= 0.3 is 6.03 Å². The molecule has 1 aliphatic rings. The molecular formula is C19H22FN5O2. The van der Waals surface area contributed by atoms with Crippen LogP contribution in [0, 0.1) is 23.1 Å². The summed E-state index contributed by atoms with van der Waals surface area (Å²) >= 11 is 0. The van der Waals surface area contributed by atoms with Crippen molar-refractivity contribution in [3.05, 3.63) is 41.8 Å². The van der Waals surface area contributed by atoms with Gasteiger partial charge in [-0.2, -0.15) is 5.26 Å².